The Morgan fingerprint density at radius 2 is 1.89 bits per heavy atom. The molecule has 2 rings (SSSR count). The molecule has 0 saturated carbocycles. The second-order valence-electron chi connectivity index (χ2n) is 4.53. The van der Waals surface area contributed by atoms with Crippen LogP contribution in [0.3, 0.4) is 0 Å². The van der Waals surface area contributed by atoms with Crippen molar-refractivity contribution in [3.63, 3.8) is 0 Å². The third-order valence-corrected chi connectivity index (χ3v) is 2.94. The third-order valence-electron chi connectivity index (χ3n) is 2.94. The van der Waals surface area contributed by atoms with Crippen LogP contribution in [0.15, 0.2) is 42.5 Å². The topological polar surface area (TPSA) is 52.3 Å². The molecule has 0 aliphatic carbocycles. The number of aryl methyl sites for hydroxylation is 1. The summed E-state index contributed by atoms with van der Waals surface area (Å²) in [6.07, 6.45) is 0. The lowest BCUT2D eigenvalue weighted by Gasteiger charge is -2.11. The van der Waals surface area contributed by atoms with Gasteiger partial charge in [-0.15, -0.1) is 0 Å². The summed E-state index contributed by atoms with van der Waals surface area (Å²) in [5.74, 6) is 0.661. The first-order valence-electron chi connectivity index (χ1n) is 6.15. The highest BCUT2D eigenvalue weighted by molar-refractivity contribution is 6.00. The molecule has 98 valence electrons. The Morgan fingerprint density at radius 1 is 1.21 bits per heavy atom. The van der Waals surface area contributed by atoms with Crippen LogP contribution in [-0.4, -0.2) is 5.78 Å². The van der Waals surface area contributed by atoms with Crippen molar-refractivity contribution in [1.82, 2.24) is 0 Å². The van der Waals surface area contributed by atoms with Gasteiger partial charge in [0, 0.05) is 17.3 Å². The lowest BCUT2D eigenvalue weighted by atomic mass is 10.0. The molecular weight excluding hydrogens is 238 g/mol. The molecule has 0 bridgehead atoms. The Morgan fingerprint density at radius 3 is 2.47 bits per heavy atom. The average Bonchev–Trinajstić information content (AvgIpc) is 2.36. The van der Waals surface area contributed by atoms with Crippen LogP contribution in [0.4, 0.5) is 5.69 Å². The van der Waals surface area contributed by atoms with Crippen molar-refractivity contribution < 1.29 is 9.53 Å². The van der Waals surface area contributed by atoms with Gasteiger partial charge in [0.05, 0.1) is 0 Å². The molecular formula is C16H17NO2. The smallest absolute Gasteiger partial charge is 0.162 e. The Labute approximate surface area is 113 Å². The second kappa shape index (κ2) is 5.57. The summed E-state index contributed by atoms with van der Waals surface area (Å²) in [4.78, 5) is 11.5. The molecule has 0 saturated heterocycles. The van der Waals surface area contributed by atoms with Crippen LogP contribution < -0.4 is 10.5 Å². The summed E-state index contributed by atoms with van der Waals surface area (Å²) < 4.78 is 5.70. The first kappa shape index (κ1) is 13.1. The Hall–Kier alpha value is -2.29. The first-order valence-corrected chi connectivity index (χ1v) is 6.15. The zero-order valence-electron chi connectivity index (χ0n) is 11.1. The molecule has 0 aromatic heterocycles. The number of nitrogen functional groups attached to an aromatic ring is 1. The third kappa shape index (κ3) is 3.13. The van der Waals surface area contributed by atoms with Gasteiger partial charge in [-0.05, 0) is 31.0 Å². The van der Waals surface area contributed by atoms with E-state index >= 15 is 0 Å². The SMILES string of the molecule is CC(=O)c1c(C)cc(OCc2ccccc2)cc1N. The van der Waals surface area contributed by atoms with Crippen molar-refractivity contribution in [3.8, 4) is 5.75 Å². The Kier molecular flexibility index (Phi) is 3.85. The summed E-state index contributed by atoms with van der Waals surface area (Å²) in [5, 5.41) is 0. The van der Waals surface area contributed by atoms with Gasteiger partial charge in [-0.2, -0.15) is 0 Å². The second-order valence-corrected chi connectivity index (χ2v) is 4.53. The van der Waals surface area contributed by atoms with Crippen molar-refractivity contribution in [1.29, 1.82) is 0 Å². The van der Waals surface area contributed by atoms with E-state index in [-0.39, 0.29) is 5.78 Å². The molecule has 0 heterocycles. The molecule has 19 heavy (non-hydrogen) atoms. The van der Waals surface area contributed by atoms with Gasteiger partial charge in [0.2, 0.25) is 0 Å². The zero-order valence-corrected chi connectivity index (χ0v) is 11.1. The number of ketones is 1. The molecule has 0 aliphatic rings. The Bertz CT molecular complexity index is 568. The van der Waals surface area contributed by atoms with E-state index in [1.807, 2.05) is 43.3 Å². The van der Waals surface area contributed by atoms with Gasteiger partial charge in [-0.3, -0.25) is 4.79 Å². The molecule has 2 aromatic rings. The van der Waals surface area contributed by atoms with Crippen LogP contribution in [0.1, 0.15) is 28.4 Å². The highest BCUT2D eigenvalue weighted by Crippen LogP contribution is 2.25. The number of Topliss-reactive ketones (excluding diaryl/α,β-unsaturated/α-hetero) is 1. The summed E-state index contributed by atoms with van der Waals surface area (Å²) >= 11 is 0. The molecule has 0 radical (unpaired) electrons. The van der Waals surface area contributed by atoms with E-state index in [0.29, 0.717) is 23.6 Å². The molecule has 2 aromatic carbocycles. The molecule has 0 spiro atoms. The average molecular weight is 255 g/mol. The lowest BCUT2D eigenvalue weighted by Crippen LogP contribution is -2.04. The number of nitrogens with two attached hydrogens (primary N) is 1. The minimum absolute atomic E-state index is 0.0235. The van der Waals surface area contributed by atoms with Crippen LogP contribution in [0, 0.1) is 6.92 Å². The van der Waals surface area contributed by atoms with Gasteiger partial charge in [-0.1, -0.05) is 30.3 Å². The monoisotopic (exact) mass is 255 g/mol. The molecule has 3 heteroatoms. The predicted octanol–water partition coefficient (Wildman–Crippen LogP) is 3.36. The summed E-state index contributed by atoms with van der Waals surface area (Å²) in [5.41, 5.74) is 8.87. The molecule has 0 amide bonds. The largest absolute Gasteiger partial charge is 0.489 e. The van der Waals surface area contributed by atoms with Crippen LogP contribution in [0.25, 0.3) is 0 Å². The number of rotatable bonds is 4. The molecule has 0 unspecified atom stereocenters. The van der Waals surface area contributed by atoms with E-state index < -0.39 is 0 Å². The summed E-state index contributed by atoms with van der Waals surface area (Å²) in [6.45, 7) is 3.87. The normalized spacial score (nSPS) is 10.2. The maximum Gasteiger partial charge on any atom is 0.162 e. The molecule has 0 atom stereocenters. The number of carbonyl (C=O) groups is 1. The maximum atomic E-state index is 11.5. The maximum absolute atomic E-state index is 11.5. The number of ether oxygens (including phenoxy) is 1. The van der Waals surface area contributed by atoms with E-state index in [2.05, 4.69) is 0 Å². The quantitative estimate of drug-likeness (QED) is 0.673. The number of carbonyl (C=O) groups excluding carboxylic acids is 1. The first-order chi connectivity index (χ1) is 9.08. The van der Waals surface area contributed by atoms with E-state index in [1.165, 1.54) is 6.92 Å². The Balaban J connectivity index is 2.16. The highest BCUT2D eigenvalue weighted by atomic mass is 16.5. The number of hydrogen-bond donors (Lipinski definition) is 1. The fourth-order valence-corrected chi connectivity index (χ4v) is 2.09. The van der Waals surface area contributed by atoms with Gasteiger partial charge in [0.15, 0.2) is 5.78 Å². The summed E-state index contributed by atoms with van der Waals surface area (Å²) in [7, 11) is 0. The van der Waals surface area contributed by atoms with E-state index in [4.69, 9.17) is 10.5 Å². The van der Waals surface area contributed by atoms with Crippen LogP contribution in [0.5, 0.6) is 5.75 Å². The van der Waals surface area contributed by atoms with Crippen LogP contribution >= 0.6 is 0 Å². The van der Waals surface area contributed by atoms with Crippen molar-refractivity contribution in [2.75, 3.05) is 5.73 Å². The van der Waals surface area contributed by atoms with Crippen LogP contribution in [-0.2, 0) is 6.61 Å². The number of benzene rings is 2. The van der Waals surface area contributed by atoms with Gasteiger partial charge in [-0.25, -0.2) is 0 Å². The predicted molar refractivity (Wildman–Crippen MR) is 76.4 cm³/mol. The highest BCUT2D eigenvalue weighted by Gasteiger charge is 2.10. The molecule has 0 aliphatic heterocycles. The van der Waals surface area contributed by atoms with E-state index in [0.717, 1.165) is 11.1 Å². The standard InChI is InChI=1S/C16H17NO2/c1-11-8-14(9-15(17)16(11)12(2)18)19-10-13-6-4-3-5-7-13/h3-9H,10,17H2,1-2H3. The zero-order chi connectivity index (χ0) is 13.8. The van der Waals surface area contributed by atoms with Crippen molar-refractivity contribution >= 4 is 11.5 Å². The van der Waals surface area contributed by atoms with Gasteiger partial charge in [0.25, 0.3) is 0 Å². The lowest BCUT2D eigenvalue weighted by molar-refractivity contribution is 0.101. The number of anilines is 1. The molecule has 3 nitrogen and oxygen atoms in total. The number of hydrogen-bond acceptors (Lipinski definition) is 3. The molecule has 2 N–H and O–H groups in total. The fourth-order valence-electron chi connectivity index (χ4n) is 2.09. The van der Waals surface area contributed by atoms with E-state index in [1.54, 1.807) is 6.07 Å². The minimum Gasteiger partial charge on any atom is -0.489 e. The van der Waals surface area contributed by atoms with Crippen LogP contribution in [0.2, 0.25) is 0 Å². The molecule has 0 fully saturated rings. The van der Waals surface area contributed by atoms with Gasteiger partial charge < -0.3 is 10.5 Å². The van der Waals surface area contributed by atoms with Gasteiger partial charge >= 0.3 is 0 Å². The minimum atomic E-state index is -0.0235. The van der Waals surface area contributed by atoms with Gasteiger partial charge in [0.1, 0.15) is 12.4 Å². The van der Waals surface area contributed by atoms with Crippen molar-refractivity contribution in [3.05, 3.63) is 59.2 Å². The van der Waals surface area contributed by atoms with Crippen molar-refractivity contribution in [2.45, 2.75) is 20.5 Å². The van der Waals surface area contributed by atoms with Crippen molar-refractivity contribution in [2.24, 2.45) is 0 Å². The fraction of sp³-hybridized carbons (Fsp3) is 0.188. The van der Waals surface area contributed by atoms with E-state index in [9.17, 15) is 4.79 Å². The summed E-state index contributed by atoms with van der Waals surface area (Å²) in [6, 6.07) is 13.4.